The molecule has 1 amide bonds. The molecule has 3 aromatic rings. The van der Waals surface area contributed by atoms with E-state index in [0.717, 1.165) is 16.8 Å². The fourth-order valence-electron chi connectivity index (χ4n) is 3.51. The van der Waals surface area contributed by atoms with Crippen LogP contribution >= 0.6 is 0 Å². The van der Waals surface area contributed by atoms with E-state index in [-0.39, 0.29) is 12.6 Å². The number of nitriles is 1. The summed E-state index contributed by atoms with van der Waals surface area (Å²) >= 11 is 0. The molecule has 0 bridgehead atoms. The minimum absolute atomic E-state index is 0.229. The molecule has 4 rings (SSSR count). The molecule has 7 nitrogen and oxygen atoms in total. The SMILES string of the molecule is CCOC(=O)c1ccc(N2Cc3ccccc3C2=NC(=O)COc2ccc(C#N)cc2)cc1. The Morgan fingerprint density at radius 2 is 1.76 bits per heavy atom. The third-order valence-electron chi connectivity index (χ3n) is 5.11. The van der Waals surface area contributed by atoms with Crippen LogP contribution in [0.15, 0.2) is 77.8 Å². The van der Waals surface area contributed by atoms with Crippen molar-refractivity contribution in [1.82, 2.24) is 0 Å². The maximum atomic E-state index is 12.6. The molecule has 0 atom stereocenters. The van der Waals surface area contributed by atoms with E-state index in [1.165, 1.54) is 0 Å². The normalized spacial score (nSPS) is 13.3. The summed E-state index contributed by atoms with van der Waals surface area (Å²) in [5.41, 5.74) is 3.70. The predicted molar refractivity (Wildman–Crippen MR) is 123 cm³/mol. The number of fused-ring (bicyclic) bond motifs is 1. The van der Waals surface area contributed by atoms with Crippen molar-refractivity contribution in [3.05, 3.63) is 95.1 Å². The average Bonchev–Trinajstić information content (AvgIpc) is 3.21. The van der Waals surface area contributed by atoms with Crippen LogP contribution in [0.4, 0.5) is 5.69 Å². The maximum Gasteiger partial charge on any atom is 0.338 e. The Morgan fingerprint density at radius 3 is 2.45 bits per heavy atom. The quantitative estimate of drug-likeness (QED) is 0.537. The predicted octanol–water partition coefficient (Wildman–Crippen LogP) is 4.11. The molecule has 0 saturated heterocycles. The molecule has 0 radical (unpaired) electrons. The second-order valence-electron chi connectivity index (χ2n) is 7.26. The highest BCUT2D eigenvalue weighted by Crippen LogP contribution is 2.29. The number of rotatable bonds is 6. The van der Waals surface area contributed by atoms with Crippen molar-refractivity contribution in [2.24, 2.45) is 4.99 Å². The van der Waals surface area contributed by atoms with Crippen molar-refractivity contribution < 1.29 is 19.1 Å². The lowest BCUT2D eigenvalue weighted by atomic mass is 10.1. The first-order valence-electron chi connectivity index (χ1n) is 10.5. The zero-order valence-electron chi connectivity index (χ0n) is 18.0. The van der Waals surface area contributed by atoms with Crippen LogP contribution in [0, 0.1) is 11.3 Å². The largest absolute Gasteiger partial charge is 0.484 e. The molecule has 0 N–H and O–H groups in total. The zero-order chi connectivity index (χ0) is 23.2. The Labute approximate surface area is 191 Å². The Balaban J connectivity index is 1.55. The van der Waals surface area contributed by atoms with Gasteiger partial charge in [0.15, 0.2) is 6.61 Å². The van der Waals surface area contributed by atoms with Crippen LogP contribution in [0.5, 0.6) is 5.75 Å². The number of esters is 1. The number of hydrogen-bond acceptors (Lipinski definition) is 5. The van der Waals surface area contributed by atoms with Crippen molar-refractivity contribution in [1.29, 1.82) is 5.26 Å². The summed E-state index contributed by atoms with van der Waals surface area (Å²) in [4.78, 5) is 30.9. The lowest BCUT2D eigenvalue weighted by molar-refractivity contribution is -0.119. The Bertz CT molecular complexity index is 1240. The van der Waals surface area contributed by atoms with Crippen molar-refractivity contribution in [3.8, 4) is 11.8 Å². The van der Waals surface area contributed by atoms with E-state index in [2.05, 4.69) is 4.99 Å². The Morgan fingerprint density at radius 1 is 1.03 bits per heavy atom. The second-order valence-corrected chi connectivity index (χ2v) is 7.26. The van der Waals surface area contributed by atoms with Gasteiger partial charge in [-0.2, -0.15) is 10.3 Å². The number of carbonyl (C=O) groups excluding carboxylic acids is 2. The minimum Gasteiger partial charge on any atom is -0.484 e. The van der Waals surface area contributed by atoms with E-state index in [4.69, 9.17) is 14.7 Å². The van der Waals surface area contributed by atoms with E-state index in [9.17, 15) is 9.59 Å². The number of hydrogen-bond donors (Lipinski definition) is 0. The molecule has 7 heteroatoms. The molecular formula is C26H21N3O4. The summed E-state index contributed by atoms with van der Waals surface area (Å²) in [6, 6.07) is 23.4. The van der Waals surface area contributed by atoms with Gasteiger partial charge < -0.3 is 14.4 Å². The van der Waals surface area contributed by atoms with Gasteiger partial charge in [0.05, 0.1) is 30.3 Å². The molecule has 0 aromatic heterocycles. The first-order chi connectivity index (χ1) is 16.1. The van der Waals surface area contributed by atoms with E-state index in [1.807, 2.05) is 47.4 Å². The van der Waals surface area contributed by atoms with Crippen LogP contribution in [0.1, 0.15) is 34.0 Å². The van der Waals surface area contributed by atoms with Gasteiger partial charge in [-0.3, -0.25) is 4.79 Å². The molecule has 164 valence electrons. The Kier molecular flexibility index (Phi) is 6.46. The summed E-state index contributed by atoms with van der Waals surface area (Å²) in [5.74, 6) is 0.209. The van der Waals surface area contributed by atoms with Gasteiger partial charge in [-0.1, -0.05) is 24.3 Å². The van der Waals surface area contributed by atoms with Crippen molar-refractivity contribution in [2.75, 3.05) is 18.1 Å². The van der Waals surface area contributed by atoms with Gasteiger partial charge in [-0.05, 0) is 61.0 Å². The summed E-state index contributed by atoms with van der Waals surface area (Å²) < 4.78 is 10.6. The number of nitrogens with zero attached hydrogens (tertiary/aromatic N) is 3. The maximum absolute atomic E-state index is 12.6. The number of aliphatic imine (C=N–C) groups is 1. The fourth-order valence-corrected chi connectivity index (χ4v) is 3.51. The molecule has 1 aliphatic rings. The van der Waals surface area contributed by atoms with Crippen molar-refractivity contribution in [3.63, 3.8) is 0 Å². The standard InChI is InChI=1S/C26H21N3O4/c1-2-32-26(31)19-9-11-21(12-10-19)29-16-20-5-3-4-6-23(20)25(29)28-24(30)17-33-22-13-7-18(15-27)8-14-22/h3-14H,2,16-17H2,1H3. The van der Waals surface area contributed by atoms with Gasteiger partial charge >= 0.3 is 5.97 Å². The van der Waals surface area contributed by atoms with Crippen LogP contribution in [0.25, 0.3) is 0 Å². The summed E-state index contributed by atoms with van der Waals surface area (Å²) in [5, 5.41) is 8.88. The number of benzene rings is 3. The molecule has 1 aliphatic heterocycles. The van der Waals surface area contributed by atoms with Crippen LogP contribution in [-0.2, 0) is 16.1 Å². The second kappa shape index (κ2) is 9.79. The molecule has 1 heterocycles. The number of ether oxygens (including phenoxy) is 2. The lowest BCUT2D eigenvalue weighted by Crippen LogP contribution is -2.26. The van der Waals surface area contributed by atoms with Gasteiger partial charge in [-0.25, -0.2) is 4.79 Å². The first-order valence-corrected chi connectivity index (χ1v) is 10.5. The van der Waals surface area contributed by atoms with Gasteiger partial charge in [0, 0.05) is 11.3 Å². The molecule has 0 fully saturated rings. The van der Waals surface area contributed by atoms with Crippen LogP contribution in [0.2, 0.25) is 0 Å². The van der Waals surface area contributed by atoms with Gasteiger partial charge in [0.2, 0.25) is 0 Å². The topological polar surface area (TPSA) is 92.0 Å². The number of amides is 1. The molecule has 0 saturated carbocycles. The minimum atomic E-state index is -0.431. The number of amidine groups is 1. The third kappa shape index (κ3) is 4.91. The van der Waals surface area contributed by atoms with E-state index < -0.39 is 5.91 Å². The van der Waals surface area contributed by atoms with Crippen LogP contribution in [0.3, 0.4) is 0 Å². The molecule has 3 aromatic carbocycles. The molecular weight excluding hydrogens is 418 g/mol. The van der Waals surface area contributed by atoms with Crippen LogP contribution < -0.4 is 9.64 Å². The van der Waals surface area contributed by atoms with Crippen molar-refractivity contribution >= 4 is 23.4 Å². The highest BCUT2D eigenvalue weighted by molar-refractivity contribution is 6.17. The molecule has 0 spiro atoms. The Hall–Kier alpha value is -4.44. The lowest BCUT2D eigenvalue weighted by Gasteiger charge is -2.19. The highest BCUT2D eigenvalue weighted by Gasteiger charge is 2.27. The third-order valence-corrected chi connectivity index (χ3v) is 5.11. The summed E-state index contributed by atoms with van der Waals surface area (Å²) in [6.45, 7) is 2.40. The van der Waals surface area contributed by atoms with Gasteiger partial charge in [0.25, 0.3) is 5.91 Å². The van der Waals surface area contributed by atoms with E-state index in [0.29, 0.717) is 35.9 Å². The molecule has 33 heavy (non-hydrogen) atoms. The van der Waals surface area contributed by atoms with Gasteiger partial charge in [0.1, 0.15) is 11.6 Å². The monoisotopic (exact) mass is 439 g/mol. The molecule has 0 aliphatic carbocycles. The van der Waals surface area contributed by atoms with E-state index in [1.54, 1.807) is 43.3 Å². The smallest absolute Gasteiger partial charge is 0.338 e. The number of carbonyl (C=O) groups is 2. The highest BCUT2D eigenvalue weighted by atomic mass is 16.5. The van der Waals surface area contributed by atoms with Crippen LogP contribution in [-0.4, -0.2) is 30.9 Å². The van der Waals surface area contributed by atoms with E-state index >= 15 is 0 Å². The first kappa shape index (κ1) is 21.8. The summed E-state index contributed by atoms with van der Waals surface area (Å²) in [6.07, 6.45) is 0. The number of anilines is 1. The zero-order valence-corrected chi connectivity index (χ0v) is 18.0. The van der Waals surface area contributed by atoms with Crippen molar-refractivity contribution in [2.45, 2.75) is 13.5 Å². The fraction of sp³-hybridized carbons (Fsp3) is 0.154. The molecule has 0 unspecified atom stereocenters. The average molecular weight is 439 g/mol. The summed E-state index contributed by atoms with van der Waals surface area (Å²) in [7, 11) is 0. The van der Waals surface area contributed by atoms with Gasteiger partial charge in [-0.15, -0.1) is 0 Å².